The lowest BCUT2D eigenvalue weighted by molar-refractivity contribution is -0.140. The Morgan fingerprint density at radius 3 is 2.41 bits per heavy atom. The third-order valence-electron chi connectivity index (χ3n) is 3.95. The van der Waals surface area contributed by atoms with Crippen LogP contribution in [0.2, 0.25) is 5.15 Å². The molecule has 0 bridgehead atoms. The number of hydrogen-bond acceptors (Lipinski definition) is 4. The van der Waals surface area contributed by atoms with E-state index in [2.05, 4.69) is 4.98 Å². The molecule has 0 unspecified atom stereocenters. The molecule has 150 valence electrons. The third-order valence-corrected chi connectivity index (χ3v) is 4.17. The molecule has 0 saturated carbocycles. The second-order valence-corrected chi connectivity index (χ2v) is 6.35. The van der Waals surface area contributed by atoms with Gasteiger partial charge in [0.1, 0.15) is 28.8 Å². The first kappa shape index (κ1) is 20.4. The van der Waals surface area contributed by atoms with Crippen LogP contribution in [0.1, 0.15) is 21.6 Å². The number of ether oxygens (including phenoxy) is 1. The Kier molecular flexibility index (Phi) is 5.60. The predicted molar refractivity (Wildman–Crippen MR) is 99.6 cm³/mol. The van der Waals surface area contributed by atoms with Crippen molar-refractivity contribution >= 4 is 17.5 Å². The summed E-state index contributed by atoms with van der Waals surface area (Å²) in [5.41, 5.74) is 2.54. The van der Waals surface area contributed by atoms with Gasteiger partial charge < -0.3 is 15.5 Å². The Morgan fingerprint density at radius 1 is 1.17 bits per heavy atom. The number of halogens is 4. The van der Waals surface area contributed by atoms with E-state index in [0.29, 0.717) is 10.9 Å². The van der Waals surface area contributed by atoms with Crippen molar-refractivity contribution in [3.63, 3.8) is 0 Å². The molecule has 1 aromatic carbocycles. The van der Waals surface area contributed by atoms with Crippen LogP contribution in [0, 0.1) is 0 Å². The number of alkyl halides is 3. The fraction of sp³-hybridized carbons (Fsp3) is 0.105. The number of hydrogen-bond donors (Lipinski definition) is 2. The number of H-pyrrole nitrogens is 1. The predicted octanol–water partition coefficient (Wildman–Crippen LogP) is 3.79. The van der Waals surface area contributed by atoms with Crippen molar-refractivity contribution in [2.45, 2.75) is 12.8 Å². The topological polar surface area (TPSA) is 98.1 Å². The molecule has 2 heterocycles. The molecule has 29 heavy (non-hydrogen) atoms. The molecular formula is C19H13ClF3N3O3. The highest BCUT2D eigenvalue weighted by Gasteiger charge is 2.36. The number of aromatic amines is 1. The molecule has 6 nitrogen and oxygen atoms in total. The lowest BCUT2D eigenvalue weighted by atomic mass is 10.0. The van der Waals surface area contributed by atoms with Crippen molar-refractivity contribution in [1.29, 1.82) is 0 Å². The van der Waals surface area contributed by atoms with Gasteiger partial charge in [0.05, 0.1) is 0 Å². The second kappa shape index (κ2) is 7.96. The number of amides is 1. The van der Waals surface area contributed by atoms with Crippen LogP contribution in [0.5, 0.6) is 5.75 Å². The number of carbonyl (C=O) groups excluding carboxylic acids is 1. The SMILES string of the molecule is NC(=O)c1cc(-c2ccc(OCc3ccc(Cl)nc3)cc2)c(C(F)(F)F)[nH]c1=O. The van der Waals surface area contributed by atoms with Crippen molar-refractivity contribution in [2.24, 2.45) is 5.73 Å². The largest absolute Gasteiger partial charge is 0.489 e. The zero-order valence-corrected chi connectivity index (χ0v) is 15.3. The number of nitrogens with two attached hydrogens (primary N) is 1. The van der Waals surface area contributed by atoms with Gasteiger partial charge in [-0.2, -0.15) is 13.2 Å². The third kappa shape index (κ3) is 4.75. The van der Waals surface area contributed by atoms with Crippen LogP contribution in [0.15, 0.2) is 53.5 Å². The summed E-state index contributed by atoms with van der Waals surface area (Å²) in [6, 6.07) is 9.85. The molecule has 0 radical (unpaired) electrons. The minimum atomic E-state index is -4.83. The van der Waals surface area contributed by atoms with Gasteiger partial charge in [-0.3, -0.25) is 9.59 Å². The minimum Gasteiger partial charge on any atom is -0.489 e. The Hall–Kier alpha value is -3.33. The average molecular weight is 424 g/mol. The number of benzene rings is 1. The maximum absolute atomic E-state index is 13.3. The summed E-state index contributed by atoms with van der Waals surface area (Å²) < 4.78 is 45.6. The van der Waals surface area contributed by atoms with Crippen molar-refractivity contribution in [1.82, 2.24) is 9.97 Å². The van der Waals surface area contributed by atoms with Crippen LogP contribution >= 0.6 is 11.6 Å². The lowest BCUT2D eigenvalue weighted by Gasteiger charge is -2.14. The average Bonchev–Trinajstić information content (AvgIpc) is 2.67. The van der Waals surface area contributed by atoms with E-state index in [1.807, 2.05) is 0 Å². The van der Waals surface area contributed by atoms with Gasteiger partial charge in [0.15, 0.2) is 0 Å². The molecule has 0 atom stereocenters. The molecule has 0 fully saturated rings. The van der Waals surface area contributed by atoms with Gasteiger partial charge in [0.25, 0.3) is 11.5 Å². The first-order valence-electron chi connectivity index (χ1n) is 8.13. The summed E-state index contributed by atoms with van der Waals surface area (Å²) in [5, 5.41) is 0.342. The zero-order valence-electron chi connectivity index (χ0n) is 14.6. The van der Waals surface area contributed by atoms with Gasteiger partial charge in [-0.1, -0.05) is 29.8 Å². The molecule has 0 aliphatic heterocycles. The lowest BCUT2D eigenvalue weighted by Crippen LogP contribution is -2.27. The Labute approximate surface area is 167 Å². The molecule has 1 amide bonds. The van der Waals surface area contributed by atoms with E-state index in [-0.39, 0.29) is 17.7 Å². The van der Waals surface area contributed by atoms with E-state index in [1.165, 1.54) is 30.5 Å². The van der Waals surface area contributed by atoms with Gasteiger partial charge in [0, 0.05) is 17.3 Å². The minimum absolute atomic E-state index is 0.122. The Bertz CT molecular complexity index is 1090. The van der Waals surface area contributed by atoms with Crippen molar-refractivity contribution in [3.8, 4) is 16.9 Å². The number of carbonyl (C=O) groups is 1. The van der Waals surface area contributed by atoms with E-state index < -0.39 is 28.9 Å². The standard InChI is InChI=1S/C19H13ClF3N3O3/c20-15-6-1-10(8-25-15)9-29-12-4-2-11(3-5-12)13-7-14(17(24)27)18(28)26-16(13)19(21,22)23/h1-8H,9H2,(H2,24,27)(H,26,28). The van der Waals surface area contributed by atoms with Gasteiger partial charge >= 0.3 is 6.18 Å². The summed E-state index contributed by atoms with van der Waals surface area (Å²) in [6.07, 6.45) is -3.29. The number of nitrogens with zero attached hydrogens (tertiary/aromatic N) is 1. The first-order valence-corrected chi connectivity index (χ1v) is 8.51. The summed E-state index contributed by atoms with van der Waals surface area (Å²) in [4.78, 5) is 28.7. The van der Waals surface area contributed by atoms with E-state index in [1.54, 1.807) is 17.1 Å². The molecule has 0 aliphatic rings. The summed E-state index contributed by atoms with van der Waals surface area (Å²) in [5.74, 6) is -0.727. The fourth-order valence-electron chi connectivity index (χ4n) is 2.55. The molecule has 3 rings (SSSR count). The summed E-state index contributed by atoms with van der Waals surface area (Å²) in [7, 11) is 0. The summed E-state index contributed by atoms with van der Waals surface area (Å²) in [6.45, 7) is 0.182. The number of pyridine rings is 2. The number of rotatable bonds is 5. The number of nitrogens with one attached hydrogen (secondary N) is 1. The molecule has 0 spiro atoms. The van der Waals surface area contributed by atoms with E-state index in [9.17, 15) is 22.8 Å². The van der Waals surface area contributed by atoms with Crippen LogP contribution in [0.4, 0.5) is 13.2 Å². The quantitative estimate of drug-likeness (QED) is 0.610. The van der Waals surface area contributed by atoms with E-state index in [4.69, 9.17) is 22.1 Å². The van der Waals surface area contributed by atoms with Crippen LogP contribution in [-0.2, 0) is 12.8 Å². The van der Waals surface area contributed by atoms with Crippen LogP contribution in [0.25, 0.3) is 11.1 Å². The first-order chi connectivity index (χ1) is 13.6. The zero-order chi connectivity index (χ0) is 21.2. The van der Waals surface area contributed by atoms with Gasteiger partial charge in [-0.25, -0.2) is 4.98 Å². The van der Waals surface area contributed by atoms with E-state index >= 15 is 0 Å². The molecule has 0 aliphatic carbocycles. The maximum atomic E-state index is 13.3. The second-order valence-electron chi connectivity index (χ2n) is 5.97. The monoisotopic (exact) mass is 423 g/mol. The van der Waals surface area contributed by atoms with Gasteiger partial charge in [-0.15, -0.1) is 0 Å². The number of aromatic nitrogens is 2. The highest BCUT2D eigenvalue weighted by atomic mass is 35.5. The van der Waals surface area contributed by atoms with Crippen LogP contribution < -0.4 is 16.0 Å². The highest BCUT2D eigenvalue weighted by Crippen LogP contribution is 2.35. The van der Waals surface area contributed by atoms with Crippen molar-refractivity contribution in [3.05, 3.63) is 81.0 Å². The van der Waals surface area contributed by atoms with Gasteiger partial charge in [-0.05, 0) is 29.8 Å². The molecule has 3 N–H and O–H groups in total. The van der Waals surface area contributed by atoms with Crippen LogP contribution in [-0.4, -0.2) is 15.9 Å². The number of primary amides is 1. The van der Waals surface area contributed by atoms with Gasteiger partial charge in [0.2, 0.25) is 0 Å². The molecule has 10 heteroatoms. The van der Waals surface area contributed by atoms with Crippen molar-refractivity contribution in [2.75, 3.05) is 0 Å². The Morgan fingerprint density at radius 2 is 1.86 bits per heavy atom. The van der Waals surface area contributed by atoms with Crippen molar-refractivity contribution < 1.29 is 22.7 Å². The van der Waals surface area contributed by atoms with Crippen LogP contribution in [0.3, 0.4) is 0 Å². The molecule has 0 saturated heterocycles. The summed E-state index contributed by atoms with van der Waals surface area (Å²) >= 11 is 5.71. The molecule has 2 aromatic heterocycles. The fourth-order valence-corrected chi connectivity index (χ4v) is 2.67. The maximum Gasteiger partial charge on any atom is 0.431 e. The molecule has 3 aromatic rings. The Balaban J connectivity index is 1.90. The smallest absolute Gasteiger partial charge is 0.431 e. The highest BCUT2D eigenvalue weighted by molar-refractivity contribution is 6.29. The molecular weight excluding hydrogens is 411 g/mol. The van der Waals surface area contributed by atoms with E-state index in [0.717, 1.165) is 11.6 Å². The normalized spacial score (nSPS) is 11.3.